The second-order valence-electron chi connectivity index (χ2n) is 10.1. The van der Waals surface area contributed by atoms with E-state index in [9.17, 15) is 5.11 Å². The molecule has 0 saturated carbocycles. The summed E-state index contributed by atoms with van der Waals surface area (Å²) in [5.41, 5.74) is 2.72. The van der Waals surface area contributed by atoms with Crippen LogP contribution in [0.4, 0.5) is 0 Å². The minimum atomic E-state index is -1.42. The Bertz CT molecular complexity index is 1300. The molecule has 5 rings (SSSR count). The van der Waals surface area contributed by atoms with E-state index in [0.717, 1.165) is 22.3 Å². The van der Waals surface area contributed by atoms with E-state index in [2.05, 4.69) is 0 Å². The van der Waals surface area contributed by atoms with Crippen LogP contribution in [-0.2, 0) is 45.4 Å². The van der Waals surface area contributed by atoms with Gasteiger partial charge in [0.25, 0.3) is 0 Å². The first-order valence-corrected chi connectivity index (χ1v) is 13.7. The van der Waals surface area contributed by atoms with Crippen LogP contribution in [0.25, 0.3) is 0 Å². The molecule has 40 heavy (non-hydrogen) atoms. The van der Waals surface area contributed by atoms with Crippen LogP contribution >= 0.6 is 0 Å². The van der Waals surface area contributed by atoms with Gasteiger partial charge in [-0.05, 0) is 28.3 Å². The van der Waals surface area contributed by atoms with Crippen LogP contribution in [-0.4, -0.2) is 35.6 Å². The largest absolute Gasteiger partial charge is 0.381 e. The van der Waals surface area contributed by atoms with E-state index in [0.29, 0.717) is 26.4 Å². The number of ether oxygens (including phenoxy) is 4. The molecule has 1 N–H and O–H groups in total. The molecule has 0 radical (unpaired) electrons. The van der Waals surface area contributed by atoms with Gasteiger partial charge >= 0.3 is 0 Å². The highest BCUT2D eigenvalue weighted by atomic mass is 16.6. The minimum absolute atomic E-state index is 0.0501. The zero-order valence-corrected chi connectivity index (χ0v) is 22.5. The third-order valence-electron chi connectivity index (χ3n) is 6.98. The lowest BCUT2D eigenvalue weighted by molar-refractivity contribution is -0.209. The SMILES string of the molecule is OC1(COCc2ccccc2)C=CC(OCc2ccccc2)C(OCc2ccccc2)C1OCc1ccccc1. The molecule has 4 aromatic rings. The Kier molecular flexibility index (Phi) is 9.91. The molecule has 0 heterocycles. The summed E-state index contributed by atoms with van der Waals surface area (Å²) in [6.07, 6.45) is 1.89. The van der Waals surface area contributed by atoms with E-state index < -0.39 is 23.9 Å². The predicted molar refractivity (Wildman–Crippen MR) is 155 cm³/mol. The van der Waals surface area contributed by atoms with E-state index in [1.54, 1.807) is 6.08 Å². The molecule has 206 valence electrons. The van der Waals surface area contributed by atoms with Crippen LogP contribution in [0, 0.1) is 0 Å². The molecule has 1 aliphatic carbocycles. The summed E-state index contributed by atoms with van der Waals surface area (Å²) in [5.74, 6) is 0. The number of hydrogen-bond donors (Lipinski definition) is 1. The Labute approximate surface area is 236 Å². The highest BCUT2D eigenvalue weighted by Gasteiger charge is 2.48. The van der Waals surface area contributed by atoms with Crippen LogP contribution in [0.3, 0.4) is 0 Å². The van der Waals surface area contributed by atoms with Crippen LogP contribution in [0.5, 0.6) is 0 Å². The average Bonchev–Trinajstić information content (AvgIpc) is 3.01. The van der Waals surface area contributed by atoms with E-state index >= 15 is 0 Å². The number of aliphatic hydroxyl groups is 1. The van der Waals surface area contributed by atoms with Crippen molar-refractivity contribution in [3.63, 3.8) is 0 Å². The molecular formula is C35H36O5. The maximum atomic E-state index is 12.0. The molecule has 5 heteroatoms. The number of hydrogen-bond acceptors (Lipinski definition) is 5. The van der Waals surface area contributed by atoms with Gasteiger partial charge in [-0.2, -0.15) is 0 Å². The van der Waals surface area contributed by atoms with Crippen molar-refractivity contribution in [2.75, 3.05) is 6.61 Å². The normalized spacial score (nSPS) is 22.3. The van der Waals surface area contributed by atoms with Crippen molar-refractivity contribution < 1.29 is 24.1 Å². The van der Waals surface area contributed by atoms with E-state index in [-0.39, 0.29) is 6.61 Å². The molecule has 0 aliphatic heterocycles. The first-order valence-electron chi connectivity index (χ1n) is 13.7. The molecule has 0 amide bonds. The maximum Gasteiger partial charge on any atom is 0.135 e. The van der Waals surface area contributed by atoms with Crippen LogP contribution < -0.4 is 0 Å². The standard InChI is InChI=1S/C35H36O5/c36-35(27-37-23-28-13-5-1-6-14-28)22-21-32(38-24-29-15-7-2-8-16-29)33(39-25-30-17-9-3-10-18-30)34(35)40-26-31-19-11-4-12-20-31/h1-22,32-34,36H,23-27H2. The summed E-state index contributed by atoms with van der Waals surface area (Å²) in [6, 6.07) is 39.9. The molecule has 0 bridgehead atoms. The molecule has 0 spiro atoms. The molecule has 5 nitrogen and oxygen atoms in total. The monoisotopic (exact) mass is 536 g/mol. The average molecular weight is 537 g/mol. The lowest BCUT2D eigenvalue weighted by Gasteiger charge is -2.43. The Morgan fingerprint density at radius 2 is 0.950 bits per heavy atom. The number of rotatable bonds is 13. The van der Waals surface area contributed by atoms with Crippen molar-refractivity contribution in [2.45, 2.75) is 50.3 Å². The maximum absolute atomic E-state index is 12.0. The van der Waals surface area contributed by atoms with Gasteiger partial charge in [-0.3, -0.25) is 0 Å². The molecule has 0 fully saturated rings. The molecule has 1 aliphatic rings. The fraction of sp³-hybridized carbons (Fsp3) is 0.257. The van der Waals surface area contributed by atoms with Gasteiger partial charge < -0.3 is 24.1 Å². The summed E-state index contributed by atoms with van der Waals surface area (Å²) < 4.78 is 25.4. The lowest BCUT2D eigenvalue weighted by Crippen LogP contribution is -2.59. The van der Waals surface area contributed by atoms with Gasteiger partial charge in [0.15, 0.2) is 0 Å². The van der Waals surface area contributed by atoms with Gasteiger partial charge in [-0.15, -0.1) is 0 Å². The van der Waals surface area contributed by atoms with Crippen molar-refractivity contribution >= 4 is 0 Å². The van der Waals surface area contributed by atoms with Crippen molar-refractivity contribution in [1.29, 1.82) is 0 Å². The van der Waals surface area contributed by atoms with Crippen LogP contribution in [0.2, 0.25) is 0 Å². The van der Waals surface area contributed by atoms with Crippen LogP contribution in [0.1, 0.15) is 22.3 Å². The fourth-order valence-corrected chi connectivity index (χ4v) is 4.82. The second-order valence-corrected chi connectivity index (χ2v) is 10.1. The van der Waals surface area contributed by atoms with Crippen molar-refractivity contribution in [1.82, 2.24) is 0 Å². The van der Waals surface area contributed by atoms with E-state index in [1.807, 2.05) is 127 Å². The van der Waals surface area contributed by atoms with Gasteiger partial charge in [0, 0.05) is 0 Å². The second kappa shape index (κ2) is 14.2. The van der Waals surface area contributed by atoms with Crippen molar-refractivity contribution in [3.05, 3.63) is 156 Å². The zero-order valence-electron chi connectivity index (χ0n) is 22.5. The van der Waals surface area contributed by atoms with Crippen molar-refractivity contribution in [3.8, 4) is 0 Å². The zero-order chi connectivity index (χ0) is 27.5. The van der Waals surface area contributed by atoms with E-state index in [4.69, 9.17) is 18.9 Å². The lowest BCUT2D eigenvalue weighted by atomic mass is 9.84. The Hall–Kier alpha value is -3.58. The Morgan fingerprint density at radius 3 is 1.45 bits per heavy atom. The summed E-state index contributed by atoms with van der Waals surface area (Å²) in [7, 11) is 0. The smallest absolute Gasteiger partial charge is 0.135 e. The van der Waals surface area contributed by atoms with Gasteiger partial charge in [-0.25, -0.2) is 0 Å². The first-order chi connectivity index (χ1) is 19.7. The first kappa shape index (κ1) is 28.0. The molecule has 4 atom stereocenters. The third-order valence-corrected chi connectivity index (χ3v) is 6.98. The van der Waals surface area contributed by atoms with E-state index in [1.165, 1.54) is 0 Å². The molecule has 4 unspecified atom stereocenters. The highest BCUT2D eigenvalue weighted by molar-refractivity contribution is 5.21. The third kappa shape index (κ3) is 7.75. The molecule has 4 aromatic carbocycles. The fourth-order valence-electron chi connectivity index (χ4n) is 4.82. The predicted octanol–water partition coefficient (Wildman–Crippen LogP) is 6.26. The van der Waals surface area contributed by atoms with Gasteiger partial charge in [0.05, 0.1) is 33.0 Å². The quantitative estimate of drug-likeness (QED) is 0.204. The Balaban J connectivity index is 1.38. The van der Waals surface area contributed by atoms with Crippen LogP contribution in [0.15, 0.2) is 133 Å². The minimum Gasteiger partial charge on any atom is -0.381 e. The summed E-state index contributed by atoms with van der Waals surface area (Å²) in [4.78, 5) is 0. The summed E-state index contributed by atoms with van der Waals surface area (Å²) in [5, 5.41) is 12.0. The van der Waals surface area contributed by atoms with Gasteiger partial charge in [-0.1, -0.05) is 127 Å². The summed E-state index contributed by atoms with van der Waals surface area (Å²) >= 11 is 0. The highest BCUT2D eigenvalue weighted by Crippen LogP contribution is 2.32. The number of benzene rings is 4. The van der Waals surface area contributed by atoms with Crippen molar-refractivity contribution in [2.24, 2.45) is 0 Å². The molecular weight excluding hydrogens is 500 g/mol. The van der Waals surface area contributed by atoms with Gasteiger partial charge in [0.1, 0.15) is 23.9 Å². The topological polar surface area (TPSA) is 57.2 Å². The molecule has 0 saturated heterocycles. The summed E-state index contributed by atoms with van der Waals surface area (Å²) in [6.45, 7) is 1.52. The van der Waals surface area contributed by atoms with Gasteiger partial charge in [0.2, 0.25) is 0 Å². The Morgan fingerprint density at radius 1 is 0.525 bits per heavy atom. The molecule has 0 aromatic heterocycles.